The summed E-state index contributed by atoms with van der Waals surface area (Å²) in [4.78, 5) is 17.1. The molecular formula is C19H20N3O2Pd-. The Labute approximate surface area is 161 Å². The summed E-state index contributed by atoms with van der Waals surface area (Å²) in [7, 11) is 1.79. The predicted octanol–water partition coefficient (Wildman–Crippen LogP) is 4.55. The van der Waals surface area contributed by atoms with Crippen LogP contribution >= 0.6 is 0 Å². The van der Waals surface area contributed by atoms with E-state index in [4.69, 9.17) is 9.90 Å². The van der Waals surface area contributed by atoms with E-state index >= 15 is 0 Å². The van der Waals surface area contributed by atoms with Crippen molar-refractivity contribution in [1.29, 1.82) is 0 Å². The Morgan fingerprint density at radius 1 is 0.920 bits per heavy atom. The number of para-hydroxylation sites is 1. The zero-order valence-electron chi connectivity index (χ0n) is 14.0. The van der Waals surface area contributed by atoms with E-state index in [9.17, 15) is 0 Å². The number of nitrogens with zero attached hydrogens (tertiary/aromatic N) is 3. The summed E-state index contributed by atoms with van der Waals surface area (Å²) in [5.41, 5.74) is 3.02. The van der Waals surface area contributed by atoms with Gasteiger partial charge in [0, 0.05) is 45.9 Å². The number of carboxylic acid groups (broad SMARTS) is 1. The molecule has 0 amide bonds. The summed E-state index contributed by atoms with van der Waals surface area (Å²) in [6.07, 6.45) is 5.29. The van der Waals surface area contributed by atoms with Gasteiger partial charge in [-0.3, -0.25) is 14.8 Å². The fourth-order valence-electron chi connectivity index (χ4n) is 1.72. The molecule has 1 aromatic carbocycles. The standard InChI is InChI=1S/C12H11N2.C5H5N.C2H4O2.Pd/c1-13-11-7-3-2-6-10(11)12-8-4-5-9-14-12;1-2-4-6-5-3-1;1-2(3)4;/h2-9H,1H3;1-5H;1H3,(H,3,4);/q-1;;;. The molecular weight excluding hydrogens is 409 g/mol. The molecule has 0 aliphatic rings. The largest absolute Gasteiger partial charge is 0.686 e. The summed E-state index contributed by atoms with van der Waals surface area (Å²) in [5, 5.41) is 11.6. The molecule has 0 spiro atoms. The van der Waals surface area contributed by atoms with Gasteiger partial charge in [-0.1, -0.05) is 36.4 Å². The van der Waals surface area contributed by atoms with Gasteiger partial charge >= 0.3 is 0 Å². The third-order valence-corrected chi connectivity index (χ3v) is 2.65. The van der Waals surface area contributed by atoms with Crippen LogP contribution in [0.25, 0.3) is 16.6 Å². The SMILES string of the molecule is CC(=O)O.C[N-]c1ccccc1-c1ccccn1.[Pd].c1ccncc1. The molecule has 1 N–H and O–H groups in total. The van der Waals surface area contributed by atoms with Crippen molar-refractivity contribution in [2.45, 2.75) is 6.92 Å². The number of benzene rings is 1. The zero-order chi connectivity index (χ0) is 17.6. The van der Waals surface area contributed by atoms with Crippen LogP contribution in [0.2, 0.25) is 0 Å². The van der Waals surface area contributed by atoms with Crippen molar-refractivity contribution in [3.8, 4) is 11.3 Å². The van der Waals surface area contributed by atoms with Gasteiger partial charge in [0.05, 0.1) is 5.69 Å². The van der Waals surface area contributed by atoms with Crippen LogP contribution in [-0.4, -0.2) is 28.1 Å². The van der Waals surface area contributed by atoms with E-state index in [0.29, 0.717) is 0 Å². The van der Waals surface area contributed by atoms with Crippen LogP contribution < -0.4 is 0 Å². The number of hydrogen-bond acceptors (Lipinski definition) is 3. The molecule has 5 nitrogen and oxygen atoms in total. The van der Waals surface area contributed by atoms with Gasteiger partial charge in [0.1, 0.15) is 0 Å². The average Bonchev–Trinajstić information content (AvgIpc) is 2.64. The second-order valence-corrected chi connectivity index (χ2v) is 4.50. The van der Waals surface area contributed by atoms with Crippen LogP contribution in [0.4, 0.5) is 5.69 Å². The quantitative estimate of drug-likeness (QED) is 0.607. The molecule has 0 radical (unpaired) electrons. The van der Waals surface area contributed by atoms with Crippen LogP contribution in [0.15, 0.2) is 79.3 Å². The van der Waals surface area contributed by atoms with E-state index in [1.165, 1.54) is 0 Å². The van der Waals surface area contributed by atoms with Crippen molar-refractivity contribution in [2.75, 3.05) is 7.05 Å². The van der Waals surface area contributed by atoms with E-state index in [2.05, 4.69) is 15.3 Å². The van der Waals surface area contributed by atoms with Gasteiger partial charge in [-0.2, -0.15) is 0 Å². The molecule has 6 heteroatoms. The number of carbonyl (C=O) groups is 1. The summed E-state index contributed by atoms with van der Waals surface area (Å²) in [6.45, 7) is 1.08. The Balaban J connectivity index is 0.000000437. The van der Waals surface area contributed by atoms with Crippen molar-refractivity contribution < 1.29 is 30.3 Å². The summed E-state index contributed by atoms with van der Waals surface area (Å²) >= 11 is 0. The van der Waals surface area contributed by atoms with E-state index in [-0.39, 0.29) is 20.4 Å². The fourth-order valence-corrected chi connectivity index (χ4v) is 1.72. The Hall–Kier alpha value is -2.55. The summed E-state index contributed by atoms with van der Waals surface area (Å²) in [5.74, 6) is -0.833. The normalized spacial score (nSPS) is 8.40. The first-order valence-electron chi connectivity index (χ1n) is 7.30. The van der Waals surface area contributed by atoms with Gasteiger partial charge in [0.2, 0.25) is 0 Å². The Kier molecular flexibility index (Phi) is 12.4. The molecule has 0 fully saturated rings. The van der Waals surface area contributed by atoms with Gasteiger partial charge < -0.3 is 10.4 Å². The summed E-state index contributed by atoms with van der Waals surface area (Å²) in [6, 6.07) is 19.6. The van der Waals surface area contributed by atoms with Gasteiger partial charge in [-0.05, 0) is 29.8 Å². The minimum atomic E-state index is -0.833. The Morgan fingerprint density at radius 3 is 1.92 bits per heavy atom. The van der Waals surface area contributed by atoms with Crippen molar-refractivity contribution in [2.24, 2.45) is 0 Å². The predicted molar refractivity (Wildman–Crippen MR) is 96.2 cm³/mol. The maximum absolute atomic E-state index is 9.00. The molecule has 2 aromatic heterocycles. The minimum Gasteiger partial charge on any atom is -0.686 e. The molecule has 2 heterocycles. The Bertz CT molecular complexity index is 679. The Morgan fingerprint density at radius 2 is 1.48 bits per heavy atom. The molecule has 0 bridgehead atoms. The smallest absolute Gasteiger partial charge is 0.300 e. The van der Waals surface area contributed by atoms with Crippen LogP contribution in [0.1, 0.15) is 6.92 Å². The minimum absolute atomic E-state index is 0. The maximum Gasteiger partial charge on any atom is 0.300 e. The average molecular weight is 429 g/mol. The first kappa shape index (κ1) is 22.5. The molecule has 3 rings (SSSR count). The zero-order valence-corrected chi connectivity index (χ0v) is 15.6. The number of rotatable bonds is 2. The molecule has 0 saturated heterocycles. The first-order valence-corrected chi connectivity index (χ1v) is 7.30. The number of pyridine rings is 2. The van der Waals surface area contributed by atoms with E-state index < -0.39 is 5.97 Å². The molecule has 0 atom stereocenters. The second-order valence-electron chi connectivity index (χ2n) is 4.50. The number of aromatic nitrogens is 2. The molecule has 3 aromatic rings. The first-order chi connectivity index (χ1) is 11.6. The molecule has 0 saturated carbocycles. The van der Waals surface area contributed by atoms with E-state index in [1.807, 2.05) is 60.7 Å². The molecule has 0 aliphatic carbocycles. The van der Waals surface area contributed by atoms with Crippen LogP contribution in [-0.2, 0) is 25.2 Å². The van der Waals surface area contributed by atoms with Crippen molar-refractivity contribution in [1.82, 2.24) is 9.97 Å². The third kappa shape index (κ3) is 10.0. The van der Waals surface area contributed by atoms with Gasteiger partial charge in [0.15, 0.2) is 0 Å². The second kappa shape index (κ2) is 13.9. The molecule has 0 unspecified atom stereocenters. The number of aliphatic carboxylic acids is 1. The fraction of sp³-hybridized carbons (Fsp3) is 0.105. The van der Waals surface area contributed by atoms with Crippen LogP contribution in [0.5, 0.6) is 0 Å². The van der Waals surface area contributed by atoms with Crippen molar-refractivity contribution >= 4 is 11.7 Å². The monoisotopic (exact) mass is 428 g/mol. The molecule has 134 valence electrons. The van der Waals surface area contributed by atoms with Gasteiger partial charge in [-0.15, -0.1) is 12.7 Å². The van der Waals surface area contributed by atoms with E-state index in [0.717, 1.165) is 23.9 Å². The molecule has 0 aliphatic heterocycles. The molecule has 25 heavy (non-hydrogen) atoms. The van der Waals surface area contributed by atoms with Crippen molar-refractivity contribution in [3.63, 3.8) is 0 Å². The van der Waals surface area contributed by atoms with E-state index in [1.54, 1.807) is 25.6 Å². The maximum atomic E-state index is 9.00. The number of carboxylic acids is 1. The number of hydrogen-bond donors (Lipinski definition) is 1. The van der Waals surface area contributed by atoms with Gasteiger partial charge in [-0.25, -0.2) is 0 Å². The summed E-state index contributed by atoms with van der Waals surface area (Å²) < 4.78 is 0. The van der Waals surface area contributed by atoms with Gasteiger partial charge in [0.25, 0.3) is 5.97 Å². The van der Waals surface area contributed by atoms with Crippen LogP contribution in [0, 0.1) is 0 Å². The third-order valence-electron chi connectivity index (χ3n) is 2.65. The van der Waals surface area contributed by atoms with Crippen LogP contribution in [0.3, 0.4) is 0 Å². The topological polar surface area (TPSA) is 77.2 Å². The van der Waals surface area contributed by atoms with Crippen molar-refractivity contribution in [3.05, 3.63) is 84.6 Å².